The summed E-state index contributed by atoms with van der Waals surface area (Å²) < 4.78 is 131. The Hall–Kier alpha value is -11.1. The number of fused-ring (bicyclic) bond motifs is 13. The van der Waals surface area contributed by atoms with Gasteiger partial charge in [0.15, 0.2) is 11.2 Å². The average molecular weight is 1250 g/mol. The Kier molecular flexibility index (Phi) is 9.98. The molecular weight excluding hydrogens is 1170 g/mol. The molecule has 5 heteroatoms. The maximum absolute atomic E-state index is 9.56. The SMILES string of the molecule is [2H]c1c([2H])c([2H])c(-c2ccc3c(c2)N(c2cc(-c4ccccc4)cc(-c4ccccc4)c2)c2cc(C(C)(C)C)cc4c2C3c2ccc(-n3c5ccc(C(C)(C)C)cc5c5cc(C(C)(C)C)ccc53)cc2N4c2cccc3c2oc2c(-n4c5c([2H])c([2H])c([2H])c([2H])c5c5c([2H])c([2H])c([2H])c([2H])c54)cccc23)c([2H])c1[2H]. The zero-order chi connectivity index (χ0) is 76.4. The monoisotopic (exact) mass is 1250 g/mol. The maximum atomic E-state index is 9.56. The highest BCUT2D eigenvalue weighted by Gasteiger charge is 2.43. The van der Waals surface area contributed by atoms with Crippen LogP contribution in [0, 0.1) is 0 Å². The van der Waals surface area contributed by atoms with E-state index in [1.165, 1.54) is 15.7 Å². The van der Waals surface area contributed by atoms with Crippen LogP contribution in [0.25, 0.3) is 110 Å². The second-order valence-electron chi connectivity index (χ2n) is 28.8. The lowest BCUT2D eigenvalue weighted by Gasteiger charge is -2.46. The third-order valence-electron chi connectivity index (χ3n) is 19.9. The average Bonchev–Trinajstić information content (AvgIpc) is 1.21. The number of para-hydroxylation sites is 4. The first-order valence-electron chi connectivity index (χ1n) is 39.4. The number of hydrogen-bond donors (Lipinski definition) is 0. The van der Waals surface area contributed by atoms with Crippen LogP contribution >= 0.6 is 0 Å². The van der Waals surface area contributed by atoms with E-state index in [1.54, 1.807) is 6.07 Å². The summed E-state index contributed by atoms with van der Waals surface area (Å²) in [6.07, 6.45) is 0. The number of rotatable bonds is 7. The molecule has 0 fully saturated rings. The van der Waals surface area contributed by atoms with Crippen LogP contribution in [-0.2, 0) is 16.2 Å². The summed E-state index contributed by atoms with van der Waals surface area (Å²) in [6.45, 7) is 20.1. The predicted molar refractivity (Wildman–Crippen MR) is 405 cm³/mol. The highest BCUT2D eigenvalue weighted by atomic mass is 16.3. The number of aromatic nitrogens is 2. The van der Waals surface area contributed by atoms with Gasteiger partial charge in [0, 0.05) is 55.2 Å². The van der Waals surface area contributed by atoms with Crippen LogP contribution < -0.4 is 9.80 Å². The second-order valence-corrected chi connectivity index (χ2v) is 28.8. The number of nitrogens with zero attached hydrogens (tertiary/aromatic N) is 4. The van der Waals surface area contributed by atoms with Gasteiger partial charge in [0.25, 0.3) is 0 Å². The molecule has 5 heterocycles. The molecule has 0 bridgehead atoms. The number of furan rings is 1. The summed E-state index contributed by atoms with van der Waals surface area (Å²) in [4.78, 5) is 4.62. The van der Waals surface area contributed by atoms with Crippen LogP contribution in [0.3, 0.4) is 0 Å². The minimum atomic E-state index is -0.537. The molecule has 0 spiro atoms. The van der Waals surface area contributed by atoms with E-state index in [0.717, 1.165) is 100 Å². The van der Waals surface area contributed by atoms with Gasteiger partial charge < -0.3 is 23.4 Å². The van der Waals surface area contributed by atoms with Crippen molar-refractivity contribution >= 4 is 99.7 Å². The number of anilines is 6. The van der Waals surface area contributed by atoms with Gasteiger partial charge in [0.2, 0.25) is 0 Å². The lowest BCUT2D eigenvalue weighted by molar-refractivity contribution is 0.589. The van der Waals surface area contributed by atoms with E-state index in [0.29, 0.717) is 38.9 Å². The first kappa shape index (κ1) is 45.2. The second kappa shape index (κ2) is 21.2. The highest BCUT2D eigenvalue weighted by Crippen LogP contribution is 2.63. The molecule has 0 amide bonds. The smallest absolute Gasteiger partial charge is 0.159 e. The molecule has 0 radical (unpaired) electrons. The normalized spacial score (nSPS) is 15.8. The maximum Gasteiger partial charge on any atom is 0.159 e. The summed E-state index contributed by atoms with van der Waals surface area (Å²) in [7, 11) is 0. The van der Waals surface area contributed by atoms with Gasteiger partial charge in [-0.1, -0.05) is 244 Å². The van der Waals surface area contributed by atoms with Crippen molar-refractivity contribution in [1.82, 2.24) is 9.13 Å². The molecule has 0 aliphatic carbocycles. The first-order valence-corrected chi connectivity index (χ1v) is 32.9. The van der Waals surface area contributed by atoms with E-state index in [4.69, 9.17) is 14.0 Å². The molecule has 0 saturated carbocycles. The van der Waals surface area contributed by atoms with Gasteiger partial charge in [-0.25, -0.2) is 0 Å². The third-order valence-corrected chi connectivity index (χ3v) is 19.9. The molecule has 96 heavy (non-hydrogen) atoms. The lowest BCUT2D eigenvalue weighted by Crippen LogP contribution is -2.30. The molecule has 2 aliphatic heterocycles. The fourth-order valence-corrected chi connectivity index (χ4v) is 15.0. The Morgan fingerprint density at radius 2 is 0.812 bits per heavy atom. The number of benzene rings is 13. The zero-order valence-electron chi connectivity index (χ0n) is 67.8. The largest absolute Gasteiger partial charge is 0.452 e. The van der Waals surface area contributed by atoms with Gasteiger partial charge in [-0.05, 0) is 174 Å². The van der Waals surface area contributed by atoms with Crippen molar-refractivity contribution in [2.24, 2.45) is 0 Å². The van der Waals surface area contributed by atoms with E-state index in [1.807, 2.05) is 72.8 Å². The Bertz CT molecular complexity index is 6440. The van der Waals surface area contributed by atoms with Gasteiger partial charge in [0.1, 0.15) is 0 Å². The van der Waals surface area contributed by atoms with Crippen LogP contribution in [0.15, 0.2) is 283 Å². The quantitative estimate of drug-likeness (QED) is 0.159. The van der Waals surface area contributed by atoms with Crippen LogP contribution in [0.4, 0.5) is 34.1 Å². The van der Waals surface area contributed by atoms with Crippen LogP contribution in [0.1, 0.15) is 119 Å². The minimum absolute atomic E-state index is 0.0277. The fraction of sp³-hybridized carbons (Fsp3) is 0.143. The zero-order valence-corrected chi connectivity index (χ0v) is 54.8. The fourth-order valence-electron chi connectivity index (χ4n) is 15.0. The standard InChI is InChI=1S/C91H74N4O/c1-89(2,3)62-40-45-77-73(51-62)74-52-63(90(4,5)6)41-46-78(74)92(77)65-42-44-72-82(55-65)95(80-38-24-34-70-69-33-23-37-79(87(69)96-88(70)80)94-75-35-21-19-31-67(75)68-32-20-22-36-76(68)94)84-54-64(91(7,8)9)53-83-86(84)85(72)71-43-39-59(56-25-13-10-14-26-56)50-81(71)93(83)66-48-60(57-27-15-11-16-28-57)47-61(49-66)58-29-17-12-18-30-58/h10-55,85H,1-9H3/i10D,13D,14D,19D,20D,21D,22D,25D,26D,31D,32D,35D,36D. The van der Waals surface area contributed by atoms with Crippen LogP contribution in [0.5, 0.6) is 0 Å². The molecule has 5 nitrogen and oxygen atoms in total. The van der Waals surface area contributed by atoms with E-state index in [2.05, 4.69) is 198 Å². The van der Waals surface area contributed by atoms with E-state index < -0.39 is 77.8 Å². The molecule has 2 aliphatic rings. The van der Waals surface area contributed by atoms with Crippen molar-refractivity contribution in [2.75, 3.05) is 9.80 Å². The molecular formula is C91H74N4O. The highest BCUT2D eigenvalue weighted by molar-refractivity contribution is 6.16. The Labute approximate surface area is 579 Å². The molecule has 13 aromatic carbocycles. The summed E-state index contributed by atoms with van der Waals surface area (Å²) in [5, 5.41) is 3.48. The van der Waals surface area contributed by atoms with Crippen molar-refractivity contribution in [3.05, 3.63) is 312 Å². The summed E-state index contributed by atoms with van der Waals surface area (Å²) >= 11 is 0. The predicted octanol–water partition coefficient (Wildman–Crippen LogP) is 25.4. The van der Waals surface area contributed by atoms with Gasteiger partial charge in [-0.3, -0.25) is 0 Å². The molecule has 1 atom stereocenters. The minimum Gasteiger partial charge on any atom is -0.452 e. The first-order chi connectivity index (χ1) is 51.9. The number of hydrogen-bond acceptors (Lipinski definition) is 3. The third kappa shape index (κ3) is 8.97. The van der Waals surface area contributed by atoms with Crippen molar-refractivity contribution in [1.29, 1.82) is 0 Å². The van der Waals surface area contributed by atoms with E-state index in [-0.39, 0.29) is 50.3 Å². The molecule has 1 unspecified atom stereocenters. The lowest BCUT2D eigenvalue weighted by atomic mass is 9.73. The van der Waals surface area contributed by atoms with Crippen molar-refractivity contribution in [2.45, 2.75) is 84.5 Å². The molecule has 0 N–H and O–H groups in total. The van der Waals surface area contributed by atoms with E-state index >= 15 is 0 Å². The van der Waals surface area contributed by atoms with Crippen molar-refractivity contribution in [3.8, 4) is 44.8 Å². The van der Waals surface area contributed by atoms with Crippen LogP contribution in [0.2, 0.25) is 0 Å². The van der Waals surface area contributed by atoms with Gasteiger partial charge in [-0.2, -0.15) is 0 Å². The molecule has 3 aromatic heterocycles. The van der Waals surface area contributed by atoms with Gasteiger partial charge in [0.05, 0.1) is 74.0 Å². The Balaban J connectivity index is 0.981. The molecule has 16 aromatic rings. The van der Waals surface area contributed by atoms with Crippen molar-refractivity contribution < 1.29 is 22.2 Å². The topological polar surface area (TPSA) is 29.5 Å². The van der Waals surface area contributed by atoms with Gasteiger partial charge >= 0.3 is 0 Å². The van der Waals surface area contributed by atoms with E-state index in [9.17, 15) is 8.22 Å². The summed E-state index contributed by atoms with van der Waals surface area (Å²) in [5.41, 5.74) is 18.3. The Morgan fingerprint density at radius 1 is 0.302 bits per heavy atom. The Morgan fingerprint density at radius 3 is 1.39 bits per heavy atom. The summed E-state index contributed by atoms with van der Waals surface area (Å²) in [5.74, 6) is -0.525. The van der Waals surface area contributed by atoms with Crippen LogP contribution in [-0.4, -0.2) is 9.13 Å². The molecule has 464 valence electrons. The van der Waals surface area contributed by atoms with Gasteiger partial charge in [-0.15, -0.1) is 0 Å². The molecule has 18 rings (SSSR count). The van der Waals surface area contributed by atoms with Crippen molar-refractivity contribution in [3.63, 3.8) is 0 Å². The summed E-state index contributed by atoms with van der Waals surface area (Å²) in [6, 6.07) is 63.9. The molecule has 0 saturated heterocycles.